The smallest absolute Gasteiger partial charge is 0.122 e. The first kappa shape index (κ1) is 12.8. The Kier molecular flexibility index (Phi) is 3.92. The van der Waals surface area contributed by atoms with Crippen molar-refractivity contribution in [3.05, 3.63) is 23.8 Å². The summed E-state index contributed by atoms with van der Waals surface area (Å²) in [6.07, 6.45) is 4.97. The Morgan fingerprint density at radius 3 is 3.16 bits per heavy atom. The minimum absolute atomic E-state index is 0.783. The van der Waals surface area contributed by atoms with Gasteiger partial charge in [0.15, 0.2) is 0 Å². The highest BCUT2D eigenvalue weighted by atomic mass is 16.5. The molecule has 3 rings (SSSR count). The molecule has 1 unspecified atom stereocenters. The summed E-state index contributed by atoms with van der Waals surface area (Å²) in [5.41, 5.74) is 2.70. The van der Waals surface area contributed by atoms with Crippen LogP contribution in [-0.4, -0.2) is 33.3 Å². The van der Waals surface area contributed by atoms with Crippen LogP contribution in [0.3, 0.4) is 0 Å². The Morgan fingerprint density at radius 1 is 1.37 bits per heavy atom. The molecule has 0 radical (unpaired) electrons. The molecule has 2 aliphatic heterocycles. The lowest BCUT2D eigenvalue weighted by molar-refractivity contribution is 0.288. The van der Waals surface area contributed by atoms with Crippen LogP contribution in [0.15, 0.2) is 18.2 Å². The number of nitrogens with zero attached hydrogens (tertiary/aromatic N) is 1. The maximum absolute atomic E-state index is 5.68. The largest absolute Gasteiger partial charge is 0.493 e. The van der Waals surface area contributed by atoms with Gasteiger partial charge in [0.25, 0.3) is 0 Å². The zero-order chi connectivity index (χ0) is 13.1. The van der Waals surface area contributed by atoms with Gasteiger partial charge in [-0.2, -0.15) is 0 Å². The lowest BCUT2D eigenvalue weighted by atomic mass is 9.98. The van der Waals surface area contributed by atoms with Crippen molar-refractivity contribution in [1.29, 1.82) is 0 Å². The van der Waals surface area contributed by atoms with Gasteiger partial charge in [-0.1, -0.05) is 0 Å². The molecular formula is C16H24N2O. The molecule has 3 heteroatoms. The van der Waals surface area contributed by atoms with Crippen molar-refractivity contribution in [2.75, 3.05) is 38.2 Å². The van der Waals surface area contributed by atoms with Gasteiger partial charge in [-0.05, 0) is 68.5 Å². The third-order valence-electron chi connectivity index (χ3n) is 4.26. The van der Waals surface area contributed by atoms with E-state index >= 15 is 0 Å². The number of nitrogens with one attached hydrogen (secondary N) is 1. The van der Waals surface area contributed by atoms with E-state index in [4.69, 9.17) is 4.74 Å². The fourth-order valence-corrected chi connectivity index (χ4v) is 3.16. The van der Waals surface area contributed by atoms with Crippen LogP contribution in [0.4, 0.5) is 5.69 Å². The summed E-state index contributed by atoms with van der Waals surface area (Å²) in [6.45, 7) is 4.37. The fraction of sp³-hybridized carbons (Fsp3) is 0.625. The van der Waals surface area contributed by atoms with Crippen molar-refractivity contribution in [2.24, 2.45) is 5.92 Å². The summed E-state index contributed by atoms with van der Waals surface area (Å²) in [5, 5.41) is 3.49. The van der Waals surface area contributed by atoms with Crippen LogP contribution in [0, 0.1) is 5.92 Å². The maximum atomic E-state index is 5.68. The van der Waals surface area contributed by atoms with Crippen LogP contribution in [0.2, 0.25) is 0 Å². The number of rotatable bonds is 3. The number of aryl methyl sites for hydroxylation is 1. The van der Waals surface area contributed by atoms with Crippen LogP contribution < -0.4 is 15.0 Å². The molecule has 1 saturated heterocycles. The number of hydrogen-bond donors (Lipinski definition) is 1. The second-order valence-corrected chi connectivity index (χ2v) is 5.84. The molecule has 1 fully saturated rings. The molecule has 1 aromatic carbocycles. The van der Waals surface area contributed by atoms with Crippen LogP contribution in [-0.2, 0) is 6.42 Å². The number of benzene rings is 1. The minimum Gasteiger partial charge on any atom is -0.493 e. The van der Waals surface area contributed by atoms with Gasteiger partial charge in [0.1, 0.15) is 5.75 Å². The van der Waals surface area contributed by atoms with E-state index in [1.54, 1.807) is 0 Å². The Balaban J connectivity index is 1.67. The average molecular weight is 260 g/mol. The van der Waals surface area contributed by atoms with Gasteiger partial charge in [-0.15, -0.1) is 0 Å². The summed E-state index contributed by atoms with van der Waals surface area (Å²) in [5.74, 6) is 1.87. The molecule has 1 aromatic rings. The first-order chi connectivity index (χ1) is 9.33. The topological polar surface area (TPSA) is 24.5 Å². The van der Waals surface area contributed by atoms with Crippen LogP contribution in [0.5, 0.6) is 5.75 Å². The molecule has 0 aromatic heterocycles. The summed E-state index contributed by atoms with van der Waals surface area (Å²) in [7, 11) is 2.21. The number of ether oxygens (including phenoxy) is 1. The number of hydrogen-bond acceptors (Lipinski definition) is 3. The predicted octanol–water partition coefficient (Wildman–Crippen LogP) is 2.45. The van der Waals surface area contributed by atoms with Gasteiger partial charge in [0, 0.05) is 19.3 Å². The van der Waals surface area contributed by atoms with Crippen molar-refractivity contribution >= 4 is 5.69 Å². The van der Waals surface area contributed by atoms with Gasteiger partial charge < -0.3 is 15.0 Å². The third kappa shape index (κ3) is 3.03. The van der Waals surface area contributed by atoms with Gasteiger partial charge >= 0.3 is 0 Å². The second kappa shape index (κ2) is 5.83. The molecule has 1 atom stereocenters. The van der Waals surface area contributed by atoms with E-state index in [2.05, 4.69) is 35.5 Å². The van der Waals surface area contributed by atoms with Gasteiger partial charge in [0.05, 0.1) is 6.61 Å². The highest BCUT2D eigenvalue weighted by Crippen LogP contribution is 2.29. The second-order valence-electron chi connectivity index (χ2n) is 5.84. The maximum Gasteiger partial charge on any atom is 0.122 e. The highest BCUT2D eigenvalue weighted by Gasteiger charge is 2.17. The SMILES string of the molecule is CN(CC1CCCNC1)c1ccc2c(c1)CCCO2. The summed E-state index contributed by atoms with van der Waals surface area (Å²) < 4.78 is 5.68. The molecule has 2 heterocycles. The van der Waals surface area contributed by atoms with Crippen LogP contribution in [0.1, 0.15) is 24.8 Å². The van der Waals surface area contributed by atoms with E-state index in [1.165, 1.54) is 37.2 Å². The molecule has 0 spiro atoms. The van der Waals surface area contributed by atoms with E-state index < -0.39 is 0 Å². The van der Waals surface area contributed by atoms with Crippen LogP contribution in [0.25, 0.3) is 0 Å². The van der Waals surface area contributed by atoms with Gasteiger partial charge in [0.2, 0.25) is 0 Å². The van der Waals surface area contributed by atoms with Crippen LogP contribution >= 0.6 is 0 Å². The van der Waals surface area contributed by atoms with Crippen molar-refractivity contribution in [3.63, 3.8) is 0 Å². The molecule has 19 heavy (non-hydrogen) atoms. The van der Waals surface area contributed by atoms with Crippen molar-refractivity contribution in [2.45, 2.75) is 25.7 Å². The molecule has 104 valence electrons. The normalized spacial score (nSPS) is 22.5. The Bertz CT molecular complexity index is 427. The lowest BCUT2D eigenvalue weighted by Gasteiger charge is -2.29. The Morgan fingerprint density at radius 2 is 2.32 bits per heavy atom. The van der Waals surface area contributed by atoms with Crippen molar-refractivity contribution < 1.29 is 4.74 Å². The highest BCUT2D eigenvalue weighted by molar-refractivity contribution is 5.53. The zero-order valence-corrected chi connectivity index (χ0v) is 11.8. The number of piperidine rings is 1. The molecule has 0 bridgehead atoms. The monoisotopic (exact) mass is 260 g/mol. The Labute approximate surface area is 115 Å². The summed E-state index contributed by atoms with van der Waals surface area (Å²) in [4.78, 5) is 2.40. The molecule has 0 saturated carbocycles. The molecule has 1 N–H and O–H groups in total. The molecule has 0 amide bonds. The Hall–Kier alpha value is -1.22. The fourth-order valence-electron chi connectivity index (χ4n) is 3.16. The van der Waals surface area contributed by atoms with Crippen molar-refractivity contribution in [1.82, 2.24) is 5.32 Å². The van der Waals surface area contributed by atoms with E-state index in [0.717, 1.165) is 37.7 Å². The van der Waals surface area contributed by atoms with E-state index in [9.17, 15) is 0 Å². The predicted molar refractivity (Wildman–Crippen MR) is 79.1 cm³/mol. The van der Waals surface area contributed by atoms with E-state index in [-0.39, 0.29) is 0 Å². The minimum atomic E-state index is 0.783. The third-order valence-corrected chi connectivity index (χ3v) is 4.26. The zero-order valence-electron chi connectivity index (χ0n) is 11.8. The van der Waals surface area contributed by atoms with E-state index in [1.807, 2.05) is 0 Å². The standard InChI is InChI=1S/C16H24N2O/c1-18(12-13-4-2-8-17-11-13)15-6-7-16-14(10-15)5-3-9-19-16/h6-7,10,13,17H,2-5,8-9,11-12H2,1H3. The lowest BCUT2D eigenvalue weighted by Crippen LogP contribution is -2.36. The molecular weight excluding hydrogens is 236 g/mol. The van der Waals surface area contributed by atoms with E-state index in [0.29, 0.717) is 0 Å². The van der Waals surface area contributed by atoms with Gasteiger partial charge in [-0.25, -0.2) is 0 Å². The molecule has 2 aliphatic rings. The summed E-state index contributed by atoms with van der Waals surface area (Å²) >= 11 is 0. The average Bonchev–Trinajstić information content (AvgIpc) is 2.48. The van der Waals surface area contributed by atoms with Crippen molar-refractivity contribution in [3.8, 4) is 5.75 Å². The first-order valence-electron chi connectivity index (χ1n) is 7.50. The summed E-state index contributed by atoms with van der Waals surface area (Å²) in [6, 6.07) is 6.64. The quantitative estimate of drug-likeness (QED) is 0.903. The number of anilines is 1. The van der Waals surface area contributed by atoms with Gasteiger partial charge in [-0.3, -0.25) is 0 Å². The molecule has 3 nitrogen and oxygen atoms in total. The number of fused-ring (bicyclic) bond motifs is 1. The first-order valence-corrected chi connectivity index (χ1v) is 7.50. The molecule has 0 aliphatic carbocycles.